The monoisotopic (exact) mass is 294 g/mol. The molecule has 0 saturated heterocycles. The zero-order valence-corrected chi connectivity index (χ0v) is 13.0. The van der Waals surface area contributed by atoms with E-state index in [0.29, 0.717) is 17.6 Å². The van der Waals surface area contributed by atoms with E-state index in [-0.39, 0.29) is 11.9 Å². The zero-order chi connectivity index (χ0) is 14.5. The number of rotatable bonds is 5. The number of carbonyl (C=O) groups excluding carboxylic acids is 1. The fraction of sp³-hybridized carbons (Fsp3) is 0.562. The van der Waals surface area contributed by atoms with Crippen molar-refractivity contribution in [1.82, 2.24) is 10.2 Å². The van der Waals surface area contributed by atoms with Gasteiger partial charge in [0.05, 0.1) is 12.6 Å². The summed E-state index contributed by atoms with van der Waals surface area (Å²) in [7, 11) is 1.85. The maximum atomic E-state index is 12.2. The molecule has 1 aromatic rings. The summed E-state index contributed by atoms with van der Waals surface area (Å²) >= 11 is 6.00. The van der Waals surface area contributed by atoms with Crippen LogP contribution in [0.1, 0.15) is 44.2 Å². The van der Waals surface area contributed by atoms with Crippen LogP contribution in [0.5, 0.6) is 0 Å². The van der Waals surface area contributed by atoms with Crippen LogP contribution in [-0.4, -0.2) is 30.4 Å². The second-order valence-corrected chi connectivity index (χ2v) is 6.03. The van der Waals surface area contributed by atoms with Crippen molar-refractivity contribution in [2.24, 2.45) is 0 Å². The van der Waals surface area contributed by atoms with Crippen molar-refractivity contribution >= 4 is 17.5 Å². The number of nitrogens with zero attached hydrogens (tertiary/aromatic N) is 1. The Balaban J connectivity index is 1.88. The molecule has 1 aliphatic carbocycles. The number of hydrogen-bond donors (Lipinski definition) is 1. The summed E-state index contributed by atoms with van der Waals surface area (Å²) in [4.78, 5) is 14.0. The third kappa shape index (κ3) is 3.97. The van der Waals surface area contributed by atoms with Crippen LogP contribution < -0.4 is 5.32 Å². The van der Waals surface area contributed by atoms with Crippen LogP contribution in [0.25, 0.3) is 0 Å². The summed E-state index contributed by atoms with van der Waals surface area (Å²) in [6.45, 7) is 2.45. The van der Waals surface area contributed by atoms with Crippen LogP contribution in [0.4, 0.5) is 0 Å². The standard InChI is InChI=1S/C16H23ClN2O/c1-12(13-6-5-7-14(17)10-13)19(2)16(20)11-18-15-8-3-4-9-15/h5-7,10,12,15,18H,3-4,8-9,11H2,1-2H3. The van der Waals surface area contributed by atoms with Gasteiger partial charge in [0.25, 0.3) is 0 Å². The van der Waals surface area contributed by atoms with Crippen molar-refractivity contribution in [3.63, 3.8) is 0 Å². The van der Waals surface area contributed by atoms with E-state index in [9.17, 15) is 4.79 Å². The van der Waals surface area contributed by atoms with E-state index in [1.807, 2.05) is 38.2 Å². The average molecular weight is 295 g/mol. The fourth-order valence-corrected chi connectivity index (χ4v) is 2.89. The summed E-state index contributed by atoms with van der Waals surface area (Å²) in [6.07, 6.45) is 4.95. The molecule has 2 rings (SSSR count). The minimum Gasteiger partial charge on any atom is -0.338 e. The Labute approximate surface area is 126 Å². The molecule has 0 aromatic heterocycles. The molecule has 1 aromatic carbocycles. The van der Waals surface area contributed by atoms with Gasteiger partial charge in [-0.05, 0) is 37.5 Å². The molecule has 1 aliphatic rings. The number of amides is 1. The Hall–Kier alpha value is -1.06. The maximum absolute atomic E-state index is 12.2. The van der Waals surface area contributed by atoms with Crippen LogP contribution in [0.15, 0.2) is 24.3 Å². The summed E-state index contributed by atoms with van der Waals surface area (Å²) in [5, 5.41) is 4.07. The topological polar surface area (TPSA) is 32.3 Å². The van der Waals surface area contributed by atoms with Gasteiger partial charge in [0.1, 0.15) is 0 Å². The highest BCUT2D eigenvalue weighted by molar-refractivity contribution is 6.30. The molecule has 0 heterocycles. The van der Waals surface area contributed by atoms with Gasteiger partial charge in [-0.25, -0.2) is 0 Å². The Kier molecular flexibility index (Phi) is 5.44. The summed E-state index contributed by atoms with van der Waals surface area (Å²) in [5.74, 6) is 0.129. The van der Waals surface area contributed by atoms with Gasteiger partial charge in [-0.15, -0.1) is 0 Å². The minimum atomic E-state index is 0.0339. The molecule has 1 unspecified atom stereocenters. The Bertz CT molecular complexity index is 458. The predicted molar refractivity (Wildman–Crippen MR) is 82.9 cm³/mol. The molecule has 110 valence electrons. The normalized spacial score (nSPS) is 17.1. The van der Waals surface area contributed by atoms with Gasteiger partial charge in [-0.3, -0.25) is 4.79 Å². The van der Waals surface area contributed by atoms with Crippen LogP contribution in [0.3, 0.4) is 0 Å². The van der Waals surface area contributed by atoms with E-state index in [1.165, 1.54) is 25.7 Å². The first-order chi connectivity index (χ1) is 9.58. The lowest BCUT2D eigenvalue weighted by molar-refractivity contribution is -0.131. The van der Waals surface area contributed by atoms with Gasteiger partial charge in [0, 0.05) is 18.1 Å². The molecule has 1 fully saturated rings. The van der Waals surface area contributed by atoms with E-state index in [0.717, 1.165) is 5.56 Å². The van der Waals surface area contributed by atoms with E-state index in [4.69, 9.17) is 11.6 Å². The molecule has 1 saturated carbocycles. The fourth-order valence-electron chi connectivity index (χ4n) is 2.69. The van der Waals surface area contributed by atoms with Gasteiger partial charge in [0.2, 0.25) is 5.91 Å². The number of likely N-dealkylation sites (N-methyl/N-ethyl adjacent to an activating group) is 1. The van der Waals surface area contributed by atoms with Crippen molar-refractivity contribution in [3.05, 3.63) is 34.9 Å². The SMILES string of the molecule is CC(c1cccc(Cl)c1)N(C)C(=O)CNC1CCCC1. The van der Waals surface area contributed by atoms with E-state index in [2.05, 4.69) is 5.32 Å². The first-order valence-electron chi connectivity index (χ1n) is 7.32. The smallest absolute Gasteiger partial charge is 0.236 e. The second kappa shape index (κ2) is 7.09. The van der Waals surface area contributed by atoms with Crippen molar-refractivity contribution < 1.29 is 4.79 Å². The lowest BCUT2D eigenvalue weighted by Crippen LogP contribution is -2.40. The zero-order valence-electron chi connectivity index (χ0n) is 12.2. The lowest BCUT2D eigenvalue weighted by atomic mass is 10.1. The third-order valence-corrected chi connectivity index (χ3v) is 4.44. The van der Waals surface area contributed by atoms with Crippen molar-refractivity contribution in [3.8, 4) is 0 Å². The van der Waals surface area contributed by atoms with E-state index < -0.39 is 0 Å². The second-order valence-electron chi connectivity index (χ2n) is 5.60. The Morgan fingerprint density at radius 3 is 2.80 bits per heavy atom. The average Bonchev–Trinajstić information content (AvgIpc) is 2.96. The number of halogens is 1. The molecule has 4 heteroatoms. The van der Waals surface area contributed by atoms with Crippen LogP contribution in [-0.2, 0) is 4.79 Å². The molecule has 20 heavy (non-hydrogen) atoms. The highest BCUT2D eigenvalue weighted by Gasteiger charge is 2.20. The lowest BCUT2D eigenvalue weighted by Gasteiger charge is -2.26. The van der Waals surface area contributed by atoms with Gasteiger partial charge in [0.15, 0.2) is 0 Å². The predicted octanol–water partition coefficient (Wildman–Crippen LogP) is 3.39. The maximum Gasteiger partial charge on any atom is 0.236 e. The van der Waals surface area contributed by atoms with Crippen molar-refractivity contribution in [1.29, 1.82) is 0 Å². The summed E-state index contributed by atoms with van der Waals surface area (Å²) in [5.41, 5.74) is 1.06. The van der Waals surface area contributed by atoms with Gasteiger partial charge >= 0.3 is 0 Å². The number of benzene rings is 1. The first kappa shape index (κ1) is 15.3. The largest absolute Gasteiger partial charge is 0.338 e. The molecule has 0 bridgehead atoms. The minimum absolute atomic E-state index is 0.0339. The number of hydrogen-bond acceptors (Lipinski definition) is 2. The molecule has 1 amide bonds. The van der Waals surface area contributed by atoms with Crippen molar-refractivity contribution in [2.75, 3.05) is 13.6 Å². The van der Waals surface area contributed by atoms with Crippen molar-refractivity contribution in [2.45, 2.75) is 44.7 Å². The van der Waals surface area contributed by atoms with E-state index in [1.54, 1.807) is 4.90 Å². The summed E-state index contributed by atoms with van der Waals surface area (Å²) < 4.78 is 0. The summed E-state index contributed by atoms with van der Waals surface area (Å²) in [6, 6.07) is 8.25. The Morgan fingerprint density at radius 2 is 2.15 bits per heavy atom. The third-order valence-electron chi connectivity index (χ3n) is 4.20. The molecule has 1 N–H and O–H groups in total. The Morgan fingerprint density at radius 1 is 1.45 bits per heavy atom. The van der Waals surface area contributed by atoms with Crippen LogP contribution in [0, 0.1) is 0 Å². The molecule has 0 spiro atoms. The highest BCUT2D eigenvalue weighted by atomic mass is 35.5. The number of carbonyl (C=O) groups is 1. The van der Waals surface area contributed by atoms with Crippen LogP contribution >= 0.6 is 11.6 Å². The molecule has 3 nitrogen and oxygen atoms in total. The molecular weight excluding hydrogens is 272 g/mol. The highest BCUT2D eigenvalue weighted by Crippen LogP contribution is 2.22. The molecule has 0 aliphatic heterocycles. The van der Waals surface area contributed by atoms with Crippen LogP contribution in [0.2, 0.25) is 5.02 Å². The number of nitrogens with one attached hydrogen (secondary N) is 1. The van der Waals surface area contributed by atoms with E-state index >= 15 is 0 Å². The van der Waals surface area contributed by atoms with Gasteiger partial charge in [-0.2, -0.15) is 0 Å². The molecular formula is C16H23ClN2O. The quantitative estimate of drug-likeness (QED) is 0.903. The molecule has 0 radical (unpaired) electrons. The first-order valence-corrected chi connectivity index (χ1v) is 7.70. The molecule has 1 atom stereocenters. The van der Waals surface area contributed by atoms with Gasteiger partial charge in [-0.1, -0.05) is 36.6 Å². The van der Waals surface area contributed by atoms with Gasteiger partial charge < -0.3 is 10.2 Å².